The molecule has 5 nitrogen and oxygen atoms in total. The van der Waals surface area contributed by atoms with Crippen LogP contribution in [0.5, 0.6) is 0 Å². The Kier molecular flexibility index (Phi) is 3.36. The highest BCUT2D eigenvalue weighted by molar-refractivity contribution is 6.09. The van der Waals surface area contributed by atoms with E-state index in [1.807, 2.05) is 12.2 Å². The maximum atomic E-state index is 13.1. The van der Waals surface area contributed by atoms with Crippen molar-refractivity contribution >= 4 is 17.8 Å². The molecule has 0 aromatic carbocycles. The highest BCUT2D eigenvalue weighted by Crippen LogP contribution is 2.57. The molecule has 0 radical (unpaired) electrons. The van der Waals surface area contributed by atoms with Crippen LogP contribution in [0.4, 0.5) is 0 Å². The number of likely N-dealkylation sites (tertiary alicyclic amines) is 1. The van der Waals surface area contributed by atoms with Gasteiger partial charge in [-0.3, -0.25) is 19.3 Å². The Hall–Kier alpha value is -1.65. The van der Waals surface area contributed by atoms with Gasteiger partial charge in [-0.05, 0) is 31.6 Å². The van der Waals surface area contributed by atoms with Crippen molar-refractivity contribution in [3.63, 3.8) is 0 Å². The molecule has 0 aromatic rings. The van der Waals surface area contributed by atoms with Crippen molar-refractivity contribution < 1.29 is 19.1 Å². The summed E-state index contributed by atoms with van der Waals surface area (Å²) in [4.78, 5) is 40.1. The average Bonchev–Trinajstić information content (AvgIpc) is 2.89. The van der Waals surface area contributed by atoms with E-state index in [0.717, 1.165) is 32.1 Å². The number of nitrogens with zero attached hydrogens (tertiary/aromatic N) is 1. The van der Waals surface area contributed by atoms with Crippen LogP contribution in [0.15, 0.2) is 12.2 Å². The Morgan fingerprint density at radius 1 is 1.17 bits per heavy atom. The Morgan fingerprint density at radius 3 is 2.52 bits per heavy atom. The first-order valence-electron chi connectivity index (χ1n) is 8.75. The van der Waals surface area contributed by atoms with E-state index in [1.165, 1.54) is 18.4 Å². The van der Waals surface area contributed by atoms with E-state index in [1.54, 1.807) is 0 Å². The van der Waals surface area contributed by atoms with E-state index in [-0.39, 0.29) is 35.7 Å². The molecule has 5 heteroatoms. The van der Waals surface area contributed by atoms with Crippen LogP contribution in [0.3, 0.4) is 0 Å². The van der Waals surface area contributed by atoms with Gasteiger partial charge in [0, 0.05) is 6.04 Å². The molecule has 4 atom stereocenters. The molecule has 0 aromatic heterocycles. The zero-order chi connectivity index (χ0) is 16.2. The van der Waals surface area contributed by atoms with Crippen molar-refractivity contribution in [2.24, 2.45) is 23.2 Å². The molecular weight excluding hydrogens is 294 g/mol. The third-order valence-electron chi connectivity index (χ3n) is 6.44. The minimum atomic E-state index is -0.926. The van der Waals surface area contributed by atoms with Gasteiger partial charge in [-0.15, -0.1) is 0 Å². The molecule has 0 N–H and O–H groups in total. The molecule has 124 valence electrons. The molecular formula is C18H23NO4. The second-order valence-electron chi connectivity index (χ2n) is 7.44. The summed E-state index contributed by atoms with van der Waals surface area (Å²) in [5, 5.41) is 0. The summed E-state index contributed by atoms with van der Waals surface area (Å²) in [7, 11) is 1.36. The molecule has 3 fully saturated rings. The first-order chi connectivity index (χ1) is 11.1. The molecule has 1 saturated heterocycles. The third-order valence-corrected chi connectivity index (χ3v) is 6.44. The van der Waals surface area contributed by atoms with Crippen molar-refractivity contribution in [1.82, 2.24) is 4.90 Å². The molecule has 4 aliphatic carbocycles. The second kappa shape index (κ2) is 5.18. The lowest BCUT2D eigenvalue weighted by molar-refractivity contribution is -0.161. The number of carbonyl (C=O) groups excluding carboxylic acids is 3. The van der Waals surface area contributed by atoms with E-state index in [4.69, 9.17) is 4.74 Å². The summed E-state index contributed by atoms with van der Waals surface area (Å²) in [6, 6.07) is 0.0310. The zero-order valence-electron chi connectivity index (χ0n) is 13.5. The minimum Gasteiger partial charge on any atom is -0.468 e. The lowest BCUT2D eigenvalue weighted by atomic mass is 9.55. The van der Waals surface area contributed by atoms with E-state index in [9.17, 15) is 14.4 Å². The second-order valence-corrected chi connectivity index (χ2v) is 7.44. The predicted molar refractivity (Wildman–Crippen MR) is 82.0 cm³/mol. The van der Waals surface area contributed by atoms with Gasteiger partial charge in [0.15, 0.2) is 0 Å². The molecule has 2 amide bonds. The summed E-state index contributed by atoms with van der Waals surface area (Å²) in [5.74, 6) is -1.36. The number of allylic oxidation sites excluding steroid dienone is 1. The molecule has 1 heterocycles. The Labute approximate surface area is 136 Å². The third kappa shape index (κ3) is 1.88. The van der Waals surface area contributed by atoms with Crippen molar-refractivity contribution in [1.29, 1.82) is 0 Å². The quantitative estimate of drug-likeness (QED) is 0.444. The summed E-state index contributed by atoms with van der Waals surface area (Å²) in [5.41, 5.74) is -0.926. The van der Waals surface area contributed by atoms with Crippen LogP contribution in [0, 0.1) is 23.2 Å². The van der Waals surface area contributed by atoms with Crippen molar-refractivity contribution in [2.45, 2.75) is 51.0 Å². The molecule has 2 bridgehead atoms. The van der Waals surface area contributed by atoms with Crippen molar-refractivity contribution in [3.05, 3.63) is 12.2 Å². The number of fused-ring (bicyclic) bond motifs is 1. The number of imide groups is 1. The Bertz CT molecular complexity index is 592. The minimum absolute atomic E-state index is 0.0310. The van der Waals surface area contributed by atoms with Crippen LogP contribution >= 0.6 is 0 Å². The van der Waals surface area contributed by atoms with Crippen LogP contribution in [0.1, 0.15) is 44.9 Å². The van der Waals surface area contributed by atoms with Gasteiger partial charge in [-0.2, -0.15) is 0 Å². The number of hydrogen-bond acceptors (Lipinski definition) is 4. The van der Waals surface area contributed by atoms with Gasteiger partial charge in [0.1, 0.15) is 0 Å². The fourth-order valence-electron chi connectivity index (χ4n) is 5.31. The maximum Gasteiger partial charge on any atom is 0.316 e. The fourth-order valence-corrected chi connectivity index (χ4v) is 5.31. The number of methoxy groups -OCH3 is 1. The molecule has 5 aliphatic rings. The molecule has 2 saturated carbocycles. The first kappa shape index (κ1) is 14.9. The number of rotatable bonds is 2. The first-order valence-corrected chi connectivity index (χ1v) is 8.75. The zero-order valence-corrected chi connectivity index (χ0v) is 13.5. The standard InChI is InChI=1S/C18H23NO4/c1-23-17(22)18-9-7-11(8-10-18)13-14(18)16(21)19(15(13)20)12-5-3-2-4-6-12/h7,9,11-14H,2-6,8,10H2,1H3/t11-,13-,14+,18-/m0/s1. The van der Waals surface area contributed by atoms with Gasteiger partial charge in [-0.1, -0.05) is 31.4 Å². The van der Waals surface area contributed by atoms with Gasteiger partial charge < -0.3 is 4.74 Å². The number of amides is 2. The topological polar surface area (TPSA) is 63.7 Å². The van der Waals surface area contributed by atoms with Crippen molar-refractivity contribution in [2.75, 3.05) is 7.11 Å². The molecule has 5 rings (SSSR count). The van der Waals surface area contributed by atoms with Gasteiger partial charge in [0.2, 0.25) is 11.8 Å². The summed E-state index contributed by atoms with van der Waals surface area (Å²) >= 11 is 0. The smallest absolute Gasteiger partial charge is 0.316 e. The number of esters is 1. The number of hydrogen-bond donors (Lipinski definition) is 0. The molecule has 23 heavy (non-hydrogen) atoms. The van der Waals surface area contributed by atoms with E-state index in [0.29, 0.717) is 6.42 Å². The van der Waals surface area contributed by atoms with Crippen LogP contribution in [-0.2, 0) is 19.1 Å². The average molecular weight is 317 g/mol. The van der Waals surface area contributed by atoms with Gasteiger partial charge in [0.05, 0.1) is 24.4 Å². The highest BCUT2D eigenvalue weighted by atomic mass is 16.5. The number of ether oxygens (including phenoxy) is 1. The normalized spacial score (nSPS) is 39.7. The molecule has 1 aliphatic heterocycles. The van der Waals surface area contributed by atoms with Crippen molar-refractivity contribution in [3.8, 4) is 0 Å². The van der Waals surface area contributed by atoms with Crippen LogP contribution < -0.4 is 0 Å². The van der Waals surface area contributed by atoms with Crippen LogP contribution in [0.2, 0.25) is 0 Å². The summed E-state index contributed by atoms with van der Waals surface area (Å²) in [6.07, 6.45) is 10.3. The summed E-state index contributed by atoms with van der Waals surface area (Å²) in [6.45, 7) is 0. The highest BCUT2D eigenvalue weighted by Gasteiger charge is 2.66. The predicted octanol–water partition coefficient (Wildman–Crippen LogP) is 2.06. The van der Waals surface area contributed by atoms with Gasteiger partial charge in [0.25, 0.3) is 0 Å². The maximum absolute atomic E-state index is 13.1. The Balaban J connectivity index is 1.73. The largest absolute Gasteiger partial charge is 0.468 e. The fraction of sp³-hybridized carbons (Fsp3) is 0.722. The molecule has 0 spiro atoms. The SMILES string of the molecule is COC(=O)[C@@]12C=C[C@@H](CC1)[C@@H]1C(=O)N(C3CCCCC3)C(=O)[C@@H]12. The van der Waals surface area contributed by atoms with E-state index >= 15 is 0 Å². The number of carbonyl (C=O) groups is 3. The van der Waals surface area contributed by atoms with Gasteiger partial charge >= 0.3 is 5.97 Å². The summed E-state index contributed by atoms with van der Waals surface area (Å²) < 4.78 is 5.01. The monoisotopic (exact) mass is 317 g/mol. The van der Waals surface area contributed by atoms with E-state index in [2.05, 4.69) is 0 Å². The lowest BCUT2D eigenvalue weighted by Crippen LogP contribution is -2.51. The lowest BCUT2D eigenvalue weighted by Gasteiger charge is -2.45. The van der Waals surface area contributed by atoms with Gasteiger partial charge in [-0.25, -0.2) is 0 Å². The van der Waals surface area contributed by atoms with Crippen LogP contribution in [-0.4, -0.2) is 35.8 Å². The van der Waals surface area contributed by atoms with Crippen LogP contribution in [0.25, 0.3) is 0 Å². The molecule has 0 unspecified atom stereocenters. The Morgan fingerprint density at radius 2 is 1.91 bits per heavy atom. The van der Waals surface area contributed by atoms with E-state index < -0.39 is 11.3 Å².